The summed E-state index contributed by atoms with van der Waals surface area (Å²) in [5, 5.41) is 8.57. The summed E-state index contributed by atoms with van der Waals surface area (Å²) in [5.74, 6) is -0.367. The van der Waals surface area contributed by atoms with Crippen LogP contribution in [-0.4, -0.2) is 22.7 Å². The molecule has 0 atom stereocenters. The van der Waals surface area contributed by atoms with E-state index in [4.69, 9.17) is 9.84 Å². The summed E-state index contributed by atoms with van der Waals surface area (Å²) in [6.45, 7) is 2.47. The van der Waals surface area contributed by atoms with Crippen LogP contribution in [0.5, 0.6) is 5.75 Å². The number of hydrogen-bond acceptors (Lipinski definition) is 3. The summed E-state index contributed by atoms with van der Waals surface area (Å²) in [5.41, 5.74) is 1.43. The molecule has 0 bridgehead atoms. The van der Waals surface area contributed by atoms with Gasteiger partial charge in [0.1, 0.15) is 5.75 Å². The SMILES string of the molecule is CCOc1cccc(-c2ccc(/C=C/C(=O)O)c(=O)[nH]2)c1. The molecule has 0 aliphatic carbocycles. The van der Waals surface area contributed by atoms with Crippen LogP contribution >= 0.6 is 0 Å². The van der Waals surface area contributed by atoms with Crippen LogP contribution < -0.4 is 10.3 Å². The lowest BCUT2D eigenvalue weighted by molar-refractivity contribution is -0.131. The van der Waals surface area contributed by atoms with Crippen molar-refractivity contribution in [1.29, 1.82) is 0 Å². The maximum absolute atomic E-state index is 11.9. The molecule has 1 aromatic carbocycles. The quantitative estimate of drug-likeness (QED) is 0.827. The lowest BCUT2D eigenvalue weighted by Gasteiger charge is -2.06. The third kappa shape index (κ3) is 3.82. The summed E-state index contributed by atoms with van der Waals surface area (Å²) >= 11 is 0. The molecule has 2 aromatic rings. The van der Waals surface area contributed by atoms with Crippen molar-refractivity contribution in [1.82, 2.24) is 4.98 Å². The van der Waals surface area contributed by atoms with Crippen LogP contribution in [0.25, 0.3) is 17.3 Å². The molecule has 2 N–H and O–H groups in total. The minimum absolute atomic E-state index is 0.294. The third-order valence-corrected chi connectivity index (χ3v) is 2.80. The highest BCUT2D eigenvalue weighted by molar-refractivity contribution is 5.85. The Labute approximate surface area is 121 Å². The van der Waals surface area contributed by atoms with Gasteiger partial charge < -0.3 is 14.8 Å². The number of nitrogens with one attached hydrogen (secondary N) is 1. The molecular weight excluding hydrogens is 270 g/mol. The minimum atomic E-state index is -1.09. The number of H-pyrrole nitrogens is 1. The Morgan fingerprint density at radius 3 is 2.81 bits per heavy atom. The minimum Gasteiger partial charge on any atom is -0.494 e. The van der Waals surface area contributed by atoms with E-state index in [0.29, 0.717) is 17.9 Å². The molecule has 1 aromatic heterocycles. The van der Waals surface area contributed by atoms with Crippen LogP contribution in [0.4, 0.5) is 0 Å². The van der Waals surface area contributed by atoms with E-state index in [2.05, 4.69) is 4.98 Å². The number of ether oxygens (including phenoxy) is 1. The Bertz CT molecular complexity index is 731. The van der Waals surface area contributed by atoms with Crippen molar-refractivity contribution >= 4 is 12.0 Å². The Hall–Kier alpha value is -2.82. The van der Waals surface area contributed by atoms with E-state index < -0.39 is 5.97 Å². The highest BCUT2D eigenvalue weighted by Gasteiger charge is 2.03. The number of benzene rings is 1. The van der Waals surface area contributed by atoms with Crippen LogP contribution in [0.2, 0.25) is 0 Å². The average Bonchev–Trinajstić information content (AvgIpc) is 2.46. The van der Waals surface area contributed by atoms with E-state index >= 15 is 0 Å². The van der Waals surface area contributed by atoms with E-state index in [1.165, 1.54) is 6.08 Å². The Kier molecular flexibility index (Phi) is 4.56. The maximum Gasteiger partial charge on any atom is 0.328 e. The van der Waals surface area contributed by atoms with Crippen molar-refractivity contribution in [2.45, 2.75) is 6.92 Å². The summed E-state index contributed by atoms with van der Waals surface area (Å²) in [4.78, 5) is 25.1. The molecule has 0 unspecified atom stereocenters. The summed E-state index contributed by atoms with van der Waals surface area (Å²) in [6, 6.07) is 10.7. The van der Waals surface area contributed by atoms with Crippen LogP contribution in [0.15, 0.2) is 47.3 Å². The third-order valence-electron chi connectivity index (χ3n) is 2.80. The van der Waals surface area contributed by atoms with Crippen molar-refractivity contribution in [3.63, 3.8) is 0 Å². The van der Waals surface area contributed by atoms with Crippen LogP contribution in [0.1, 0.15) is 12.5 Å². The molecule has 21 heavy (non-hydrogen) atoms. The van der Waals surface area contributed by atoms with Crippen LogP contribution in [-0.2, 0) is 4.79 Å². The summed E-state index contributed by atoms with van der Waals surface area (Å²) in [7, 11) is 0. The van der Waals surface area contributed by atoms with Gasteiger partial charge in [-0.1, -0.05) is 12.1 Å². The maximum atomic E-state index is 11.9. The molecule has 1 heterocycles. The molecule has 0 amide bonds. The molecule has 0 saturated carbocycles. The number of aromatic amines is 1. The van der Waals surface area contributed by atoms with Crippen LogP contribution in [0.3, 0.4) is 0 Å². The first-order valence-electron chi connectivity index (χ1n) is 6.47. The molecule has 5 nitrogen and oxygen atoms in total. The van der Waals surface area contributed by atoms with Gasteiger partial charge in [-0.15, -0.1) is 0 Å². The number of hydrogen-bond donors (Lipinski definition) is 2. The van der Waals surface area contributed by atoms with Crippen molar-refractivity contribution in [3.05, 3.63) is 58.4 Å². The molecule has 5 heteroatoms. The molecule has 2 rings (SSSR count). The van der Waals surface area contributed by atoms with Gasteiger partial charge in [-0.3, -0.25) is 4.79 Å². The zero-order valence-corrected chi connectivity index (χ0v) is 11.5. The molecule has 108 valence electrons. The Morgan fingerprint density at radius 1 is 1.33 bits per heavy atom. The van der Waals surface area contributed by atoms with Crippen LogP contribution in [0, 0.1) is 0 Å². The van der Waals surface area contributed by atoms with Gasteiger partial charge in [-0.25, -0.2) is 4.79 Å². The number of aromatic nitrogens is 1. The predicted octanol–water partition coefficient (Wildman–Crippen LogP) is 2.54. The van der Waals surface area contributed by atoms with Crippen molar-refractivity contribution in [2.24, 2.45) is 0 Å². The predicted molar refractivity (Wildman–Crippen MR) is 80.3 cm³/mol. The second-order valence-corrected chi connectivity index (χ2v) is 4.29. The molecular formula is C16H15NO4. The molecule has 0 saturated heterocycles. The number of rotatable bonds is 5. The second-order valence-electron chi connectivity index (χ2n) is 4.29. The number of pyridine rings is 1. The largest absolute Gasteiger partial charge is 0.494 e. The number of carboxylic acids is 1. The van der Waals surface area contributed by atoms with Gasteiger partial charge in [-0.2, -0.15) is 0 Å². The zero-order valence-electron chi connectivity index (χ0n) is 11.5. The number of aliphatic carboxylic acids is 1. The number of carbonyl (C=O) groups is 1. The first kappa shape index (κ1) is 14.6. The smallest absolute Gasteiger partial charge is 0.328 e. The molecule has 0 radical (unpaired) electrons. The average molecular weight is 285 g/mol. The van der Waals surface area contributed by atoms with Crippen molar-refractivity contribution in [3.8, 4) is 17.0 Å². The number of carboxylic acid groups (broad SMARTS) is 1. The zero-order chi connectivity index (χ0) is 15.2. The van der Waals surface area contributed by atoms with Gasteiger partial charge in [0.2, 0.25) is 0 Å². The standard InChI is InChI=1S/C16H15NO4/c1-2-21-13-5-3-4-12(10-13)14-8-6-11(16(20)17-14)7-9-15(18)19/h3-10H,2H2,1H3,(H,17,20)(H,18,19)/b9-7+. The van der Waals surface area contributed by atoms with Crippen molar-refractivity contribution in [2.75, 3.05) is 6.61 Å². The summed E-state index contributed by atoms with van der Waals surface area (Å²) in [6.07, 6.45) is 2.20. The van der Waals surface area contributed by atoms with Gasteiger partial charge in [0.15, 0.2) is 0 Å². The molecule has 0 aliphatic rings. The summed E-state index contributed by atoms with van der Waals surface area (Å²) < 4.78 is 5.42. The topological polar surface area (TPSA) is 79.4 Å². The van der Waals surface area contributed by atoms with Gasteiger partial charge in [-0.05, 0) is 37.3 Å². The Morgan fingerprint density at radius 2 is 2.14 bits per heavy atom. The fourth-order valence-electron chi connectivity index (χ4n) is 1.87. The van der Waals surface area contributed by atoms with E-state index in [-0.39, 0.29) is 5.56 Å². The Balaban J connectivity index is 2.34. The van der Waals surface area contributed by atoms with Gasteiger partial charge >= 0.3 is 5.97 Å². The molecule has 0 fully saturated rings. The van der Waals surface area contributed by atoms with E-state index in [1.54, 1.807) is 12.1 Å². The first-order chi connectivity index (χ1) is 10.1. The van der Waals surface area contributed by atoms with Gasteiger partial charge in [0.25, 0.3) is 5.56 Å². The molecule has 0 spiro atoms. The first-order valence-corrected chi connectivity index (χ1v) is 6.47. The van der Waals surface area contributed by atoms with E-state index in [0.717, 1.165) is 17.4 Å². The normalized spacial score (nSPS) is 10.7. The molecule has 0 aliphatic heterocycles. The fraction of sp³-hybridized carbons (Fsp3) is 0.125. The van der Waals surface area contributed by atoms with Gasteiger partial charge in [0.05, 0.1) is 6.61 Å². The van der Waals surface area contributed by atoms with Crippen molar-refractivity contribution < 1.29 is 14.6 Å². The second kappa shape index (κ2) is 6.56. The highest BCUT2D eigenvalue weighted by atomic mass is 16.5. The van der Waals surface area contributed by atoms with E-state index in [1.807, 2.05) is 31.2 Å². The lowest BCUT2D eigenvalue weighted by Crippen LogP contribution is -2.09. The highest BCUT2D eigenvalue weighted by Crippen LogP contribution is 2.21. The van der Waals surface area contributed by atoms with E-state index in [9.17, 15) is 9.59 Å². The fourth-order valence-corrected chi connectivity index (χ4v) is 1.87. The monoisotopic (exact) mass is 285 g/mol. The lowest BCUT2D eigenvalue weighted by atomic mass is 10.1. The van der Waals surface area contributed by atoms with Gasteiger partial charge in [0, 0.05) is 22.9 Å².